The standard InChI is InChI=1S/C23H25N3O4/c1-16(27)17-9-10-20(21(15-17)29-3)30-13-5-8-22(28)25-19-7-4-6-18(14-19)23-24-11-12-26(23)2/h4,6-7,9-12,14-15H,5,8,13H2,1-3H3,(H,25,28). The molecule has 7 nitrogen and oxygen atoms in total. The number of rotatable bonds is 9. The van der Waals surface area contributed by atoms with Crippen LogP contribution < -0.4 is 14.8 Å². The molecule has 156 valence electrons. The Kier molecular flexibility index (Phi) is 6.85. The molecule has 7 heteroatoms. The number of ether oxygens (including phenoxy) is 2. The lowest BCUT2D eigenvalue weighted by molar-refractivity contribution is -0.116. The highest BCUT2D eigenvalue weighted by molar-refractivity contribution is 5.94. The van der Waals surface area contributed by atoms with Gasteiger partial charge in [0.1, 0.15) is 5.82 Å². The smallest absolute Gasteiger partial charge is 0.224 e. The number of benzene rings is 2. The van der Waals surface area contributed by atoms with Crippen molar-refractivity contribution in [3.8, 4) is 22.9 Å². The van der Waals surface area contributed by atoms with Crippen LogP contribution in [0.2, 0.25) is 0 Å². The second-order valence-corrected chi connectivity index (χ2v) is 6.86. The van der Waals surface area contributed by atoms with Crippen molar-refractivity contribution in [1.82, 2.24) is 9.55 Å². The molecule has 0 aliphatic heterocycles. The second kappa shape index (κ2) is 9.73. The first-order valence-electron chi connectivity index (χ1n) is 9.67. The van der Waals surface area contributed by atoms with E-state index < -0.39 is 0 Å². The third-order valence-electron chi connectivity index (χ3n) is 4.60. The molecule has 0 aliphatic rings. The zero-order chi connectivity index (χ0) is 21.5. The molecule has 0 spiro atoms. The molecular weight excluding hydrogens is 382 g/mol. The van der Waals surface area contributed by atoms with Gasteiger partial charge in [-0.05, 0) is 43.7 Å². The lowest BCUT2D eigenvalue weighted by Gasteiger charge is -2.12. The van der Waals surface area contributed by atoms with Crippen LogP contribution in [0.25, 0.3) is 11.4 Å². The Morgan fingerprint density at radius 2 is 1.97 bits per heavy atom. The molecule has 1 amide bonds. The molecule has 1 aromatic heterocycles. The Labute approximate surface area is 175 Å². The van der Waals surface area contributed by atoms with Crippen molar-refractivity contribution in [2.75, 3.05) is 19.0 Å². The normalized spacial score (nSPS) is 10.5. The summed E-state index contributed by atoms with van der Waals surface area (Å²) in [6.07, 6.45) is 4.48. The number of nitrogens with one attached hydrogen (secondary N) is 1. The largest absolute Gasteiger partial charge is 0.493 e. The number of hydrogen-bond donors (Lipinski definition) is 1. The van der Waals surface area contributed by atoms with Gasteiger partial charge in [-0.3, -0.25) is 9.59 Å². The van der Waals surface area contributed by atoms with Crippen molar-refractivity contribution >= 4 is 17.4 Å². The van der Waals surface area contributed by atoms with E-state index >= 15 is 0 Å². The number of ketones is 1. The van der Waals surface area contributed by atoms with E-state index in [2.05, 4.69) is 10.3 Å². The number of Topliss-reactive ketones (excluding diaryl/α,β-unsaturated/α-hetero) is 1. The first-order chi connectivity index (χ1) is 14.5. The summed E-state index contributed by atoms with van der Waals surface area (Å²) in [5, 5.41) is 2.91. The fourth-order valence-electron chi connectivity index (χ4n) is 3.02. The van der Waals surface area contributed by atoms with Crippen molar-refractivity contribution in [1.29, 1.82) is 0 Å². The van der Waals surface area contributed by atoms with Crippen LogP contribution in [0, 0.1) is 0 Å². The van der Waals surface area contributed by atoms with Crippen molar-refractivity contribution in [2.24, 2.45) is 7.05 Å². The summed E-state index contributed by atoms with van der Waals surface area (Å²) >= 11 is 0. The third kappa shape index (κ3) is 5.26. The number of imidazole rings is 1. The number of carbonyl (C=O) groups is 2. The first-order valence-corrected chi connectivity index (χ1v) is 9.67. The second-order valence-electron chi connectivity index (χ2n) is 6.86. The summed E-state index contributed by atoms with van der Waals surface area (Å²) in [6, 6.07) is 12.6. The lowest BCUT2D eigenvalue weighted by Crippen LogP contribution is -2.13. The number of aromatic nitrogens is 2. The maximum absolute atomic E-state index is 12.3. The zero-order valence-electron chi connectivity index (χ0n) is 17.3. The predicted octanol–water partition coefficient (Wildman–Crippen LogP) is 4.10. The molecule has 0 radical (unpaired) electrons. The Bertz CT molecular complexity index is 1040. The molecular formula is C23H25N3O4. The third-order valence-corrected chi connectivity index (χ3v) is 4.60. The van der Waals surface area contributed by atoms with Gasteiger partial charge in [0.15, 0.2) is 17.3 Å². The van der Waals surface area contributed by atoms with E-state index in [0.717, 1.165) is 17.1 Å². The van der Waals surface area contributed by atoms with Gasteiger partial charge in [0.05, 0.1) is 13.7 Å². The summed E-state index contributed by atoms with van der Waals surface area (Å²) in [6.45, 7) is 1.86. The van der Waals surface area contributed by atoms with Crippen LogP contribution in [0.4, 0.5) is 5.69 Å². The van der Waals surface area contributed by atoms with Crippen molar-refractivity contribution in [3.05, 3.63) is 60.4 Å². The summed E-state index contributed by atoms with van der Waals surface area (Å²) in [4.78, 5) is 28.1. The Morgan fingerprint density at radius 1 is 1.13 bits per heavy atom. The number of aryl methyl sites for hydroxylation is 1. The fourth-order valence-corrected chi connectivity index (χ4v) is 3.02. The lowest BCUT2D eigenvalue weighted by atomic mass is 10.1. The van der Waals surface area contributed by atoms with Gasteiger partial charge < -0.3 is 19.4 Å². The minimum absolute atomic E-state index is 0.0384. The van der Waals surface area contributed by atoms with Crippen LogP contribution in [0.1, 0.15) is 30.1 Å². The number of anilines is 1. The van der Waals surface area contributed by atoms with Crippen molar-refractivity contribution in [3.63, 3.8) is 0 Å². The average Bonchev–Trinajstić information content (AvgIpc) is 3.17. The van der Waals surface area contributed by atoms with E-state index in [1.165, 1.54) is 14.0 Å². The van der Waals surface area contributed by atoms with Gasteiger partial charge in [-0.25, -0.2) is 4.98 Å². The number of amides is 1. The van der Waals surface area contributed by atoms with Gasteiger partial charge in [-0.1, -0.05) is 12.1 Å². The fraction of sp³-hybridized carbons (Fsp3) is 0.261. The van der Waals surface area contributed by atoms with Crippen molar-refractivity contribution < 1.29 is 19.1 Å². The molecule has 0 saturated carbocycles. The Morgan fingerprint density at radius 3 is 2.67 bits per heavy atom. The topological polar surface area (TPSA) is 82.4 Å². The van der Waals surface area contributed by atoms with E-state index in [-0.39, 0.29) is 11.7 Å². The number of methoxy groups -OCH3 is 1. The van der Waals surface area contributed by atoms with E-state index in [1.54, 1.807) is 24.4 Å². The number of hydrogen-bond acceptors (Lipinski definition) is 5. The highest BCUT2D eigenvalue weighted by Crippen LogP contribution is 2.28. The molecule has 0 unspecified atom stereocenters. The maximum Gasteiger partial charge on any atom is 0.224 e. The summed E-state index contributed by atoms with van der Waals surface area (Å²) in [5.41, 5.74) is 2.22. The number of carbonyl (C=O) groups excluding carboxylic acids is 2. The van der Waals surface area contributed by atoms with Gasteiger partial charge in [0, 0.05) is 42.7 Å². The summed E-state index contributed by atoms with van der Waals surface area (Å²) < 4.78 is 12.9. The van der Waals surface area contributed by atoms with Gasteiger partial charge in [0.25, 0.3) is 0 Å². The van der Waals surface area contributed by atoms with E-state index in [0.29, 0.717) is 36.5 Å². The monoisotopic (exact) mass is 407 g/mol. The zero-order valence-corrected chi connectivity index (χ0v) is 17.3. The van der Waals surface area contributed by atoms with Gasteiger partial charge in [-0.2, -0.15) is 0 Å². The maximum atomic E-state index is 12.3. The SMILES string of the molecule is COc1cc(C(C)=O)ccc1OCCCC(=O)Nc1cccc(-c2nccn2C)c1. The van der Waals surface area contributed by atoms with Gasteiger partial charge in [-0.15, -0.1) is 0 Å². The molecule has 1 heterocycles. The first kappa shape index (κ1) is 21.1. The molecule has 2 aromatic carbocycles. The number of nitrogens with zero attached hydrogens (tertiary/aromatic N) is 2. The van der Waals surface area contributed by atoms with Crippen LogP contribution in [-0.2, 0) is 11.8 Å². The van der Waals surface area contributed by atoms with Crippen LogP contribution in [-0.4, -0.2) is 35.0 Å². The van der Waals surface area contributed by atoms with Crippen LogP contribution >= 0.6 is 0 Å². The molecule has 30 heavy (non-hydrogen) atoms. The average molecular weight is 407 g/mol. The molecule has 0 bridgehead atoms. The Hall–Kier alpha value is -3.61. The van der Waals surface area contributed by atoms with E-state index in [1.807, 2.05) is 42.1 Å². The molecule has 0 aliphatic carbocycles. The van der Waals surface area contributed by atoms with Crippen LogP contribution in [0.3, 0.4) is 0 Å². The molecule has 1 N–H and O–H groups in total. The minimum Gasteiger partial charge on any atom is -0.493 e. The quantitative estimate of drug-likeness (QED) is 0.427. The van der Waals surface area contributed by atoms with Crippen LogP contribution in [0.5, 0.6) is 11.5 Å². The van der Waals surface area contributed by atoms with Gasteiger partial charge >= 0.3 is 0 Å². The predicted molar refractivity (Wildman–Crippen MR) is 115 cm³/mol. The molecule has 0 fully saturated rings. The molecule has 0 saturated heterocycles. The Balaban J connectivity index is 1.50. The summed E-state index contributed by atoms with van der Waals surface area (Å²) in [5.74, 6) is 1.76. The van der Waals surface area contributed by atoms with Crippen molar-refractivity contribution in [2.45, 2.75) is 19.8 Å². The van der Waals surface area contributed by atoms with E-state index in [4.69, 9.17) is 9.47 Å². The molecule has 3 rings (SSSR count). The molecule has 3 aromatic rings. The molecule has 0 atom stereocenters. The summed E-state index contributed by atoms with van der Waals surface area (Å²) in [7, 11) is 3.45. The van der Waals surface area contributed by atoms with E-state index in [9.17, 15) is 9.59 Å². The van der Waals surface area contributed by atoms with Crippen LogP contribution in [0.15, 0.2) is 54.9 Å². The minimum atomic E-state index is -0.0884. The highest BCUT2D eigenvalue weighted by atomic mass is 16.5. The van der Waals surface area contributed by atoms with Gasteiger partial charge in [0.2, 0.25) is 5.91 Å². The highest BCUT2D eigenvalue weighted by Gasteiger charge is 2.10.